The second kappa shape index (κ2) is 9.17. The third-order valence-electron chi connectivity index (χ3n) is 4.74. The molecule has 160 valence electrons. The Morgan fingerprint density at radius 3 is 2.74 bits per heavy atom. The molecule has 0 spiro atoms. The zero-order valence-corrected chi connectivity index (χ0v) is 17.1. The topological polar surface area (TPSA) is 147 Å². The van der Waals surface area contributed by atoms with Crippen LogP contribution in [0, 0.1) is 11.3 Å². The molecule has 31 heavy (non-hydrogen) atoms. The highest BCUT2D eigenvalue weighted by atomic mass is 16.7. The Kier molecular flexibility index (Phi) is 6.40. The van der Waals surface area contributed by atoms with Crippen LogP contribution in [0.5, 0.6) is 5.75 Å². The molecule has 0 unspecified atom stereocenters. The molecule has 9 nitrogen and oxygen atoms in total. The first-order chi connectivity index (χ1) is 14.8. The molecule has 0 saturated heterocycles. The summed E-state index contributed by atoms with van der Waals surface area (Å²) < 4.78 is 5.54. The molecule has 0 aromatic heterocycles. The predicted octanol–water partition coefficient (Wildman–Crippen LogP) is 3.35. The van der Waals surface area contributed by atoms with E-state index in [0.29, 0.717) is 36.3 Å². The Bertz CT molecular complexity index is 1090. The molecule has 1 amide bonds. The highest BCUT2D eigenvalue weighted by Gasteiger charge is 2.26. The average molecular weight is 422 g/mol. The van der Waals surface area contributed by atoms with E-state index in [-0.39, 0.29) is 23.1 Å². The van der Waals surface area contributed by atoms with Crippen LogP contribution in [0.25, 0.3) is 0 Å². The molecule has 0 aliphatic heterocycles. The lowest BCUT2D eigenvalue weighted by Crippen LogP contribution is -2.21. The van der Waals surface area contributed by atoms with Gasteiger partial charge in [0.1, 0.15) is 11.8 Å². The molecule has 2 aliphatic carbocycles. The van der Waals surface area contributed by atoms with Crippen molar-refractivity contribution < 1.29 is 24.3 Å². The summed E-state index contributed by atoms with van der Waals surface area (Å²) in [6.07, 6.45) is 4.14. The molecule has 0 fully saturated rings. The van der Waals surface area contributed by atoms with Crippen molar-refractivity contribution in [3.8, 4) is 11.8 Å². The zero-order chi connectivity index (χ0) is 22.5. The van der Waals surface area contributed by atoms with E-state index in [4.69, 9.17) is 20.4 Å². The van der Waals surface area contributed by atoms with Crippen LogP contribution in [0.1, 0.15) is 49.0 Å². The van der Waals surface area contributed by atoms with Gasteiger partial charge in [-0.05, 0) is 62.5 Å². The molecule has 1 aromatic carbocycles. The summed E-state index contributed by atoms with van der Waals surface area (Å²) in [5, 5.41) is 24.5. The molecule has 2 aliphatic rings. The molecule has 9 heteroatoms. The lowest BCUT2D eigenvalue weighted by Gasteiger charge is -2.15. The minimum Gasteiger partial charge on any atom is -0.490 e. The number of hydrogen-bond donors (Lipinski definition) is 3. The Morgan fingerprint density at radius 2 is 2.06 bits per heavy atom. The first-order valence-electron chi connectivity index (χ1n) is 9.68. The first kappa shape index (κ1) is 21.6. The number of benzene rings is 1. The van der Waals surface area contributed by atoms with Crippen LogP contribution in [0.15, 0.2) is 57.9 Å². The predicted molar refractivity (Wildman–Crippen MR) is 112 cm³/mol. The number of nitrogens with zero attached hydrogens (tertiary/aromatic N) is 2. The second-order valence-electron chi connectivity index (χ2n) is 7.23. The van der Waals surface area contributed by atoms with Crippen LogP contribution in [-0.4, -0.2) is 29.1 Å². The summed E-state index contributed by atoms with van der Waals surface area (Å²) in [6, 6.07) is 6.38. The van der Waals surface area contributed by atoms with Crippen LogP contribution in [0.4, 0.5) is 4.79 Å². The molecule has 0 radical (unpaired) electrons. The highest BCUT2D eigenvalue weighted by molar-refractivity contribution is 6.02. The summed E-state index contributed by atoms with van der Waals surface area (Å²) >= 11 is 0. The first-order valence-corrected chi connectivity index (χ1v) is 9.68. The smallest absolute Gasteiger partial charge is 0.408 e. The molecule has 1 aromatic rings. The molecule has 0 bridgehead atoms. The van der Waals surface area contributed by atoms with Crippen molar-refractivity contribution in [3.63, 3.8) is 0 Å². The van der Waals surface area contributed by atoms with Gasteiger partial charge in [-0.2, -0.15) is 5.26 Å². The monoisotopic (exact) mass is 422 g/mol. The van der Waals surface area contributed by atoms with Crippen molar-refractivity contribution in [3.05, 3.63) is 63.9 Å². The van der Waals surface area contributed by atoms with E-state index in [0.717, 1.165) is 11.1 Å². The number of nitriles is 1. The summed E-state index contributed by atoms with van der Waals surface area (Å²) in [5.74, 6) is -0.382. The van der Waals surface area contributed by atoms with Crippen LogP contribution < -0.4 is 15.8 Å². The van der Waals surface area contributed by atoms with Gasteiger partial charge in [-0.3, -0.25) is 5.32 Å². The number of amidine groups is 1. The van der Waals surface area contributed by atoms with Gasteiger partial charge >= 0.3 is 12.1 Å². The third-order valence-corrected chi connectivity index (χ3v) is 4.74. The van der Waals surface area contributed by atoms with Gasteiger partial charge in [0.2, 0.25) is 0 Å². The Balaban J connectivity index is 1.78. The summed E-state index contributed by atoms with van der Waals surface area (Å²) in [7, 11) is 0. The molecular formula is C22H22N4O5. The molecule has 0 heterocycles. The number of hydrogen-bond acceptors (Lipinski definition) is 6. The SMILES string of the molecule is CC(C)Oc1ccc(C(=O)ON=C(N)C2=C3CCC(NC(=O)O)=C3CC=C2)cc1C#N. The number of carbonyl (C=O) groups excluding carboxylic acids is 1. The molecule has 4 N–H and O–H groups in total. The number of oxime groups is 1. The van der Waals surface area contributed by atoms with Gasteiger partial charge < -0.3 is 20.4 Å². The van der Waals surface area contributed by atoms with E-state index in [1.54, 1.807) is 6.08 Å². The van der Waals surface area contributed by atoms with Crippen molar-refractivity contribution in [2.45, 2.75) is 39.2 Å². The fourth-order valence-corrected chi connectivity index (χ4v) is 3.47. The highest BCUT2D eigenvalue weighted by Crippen LogP contribution is 2.37. The molecule has 0 atom stereocenters. The molecule has 3 rings (SSSR count). The van der Waals surface area contributed by atoms with E-state index in [1.807, 2.05) is 26.0 Å². The zero-order valence-electron chi connectivity index (χ0n) is 17.1. The molecule has 0 saturated carbocycles. The van der Waals surface area contributed by atoms with Gasteiger partial charge in [-0.1, -0.05) is 17.3 Å². The normalized spacial score (nSPS) is 15.6. The van der Waals surface area contributed by atoms with Crippen LogP contribution in [0.3, 0.4) is 0 Å². The summed E-state index contributed by atoms with van der Waals surface area (Å²) in [5.41, 5.74) is 9.36. The Hall–Kier alpha value is -4.06. The maximum atomic E-state index is 12.4. The third kappa shape index (κ3) is 4.93. The molecular weight excluding hydrogens is 400 g/mol. The van der Waals surface area contributed by atoms with Crippen molar-refractivity contribution in [1.82, 2.24) is 5.32 Å². The van der Waals surface area contributed by atoms with Crippen molar-refractivity contribution in [2.75, 3.05) is 0 Å². The Labute approximate surface area is 179 Å². The standard InChI is InChI=1S/C22H22N4O5/c1-12(2)30-19-9-6-13(10-14(19)11-23)21(27)31-26-20(24)17-5-3-4-16-15(17)7-8-18(16)25-22(28)29/h3,5-6,9-10,12,25H,4,7-8H2,1-2H3,(H2,24,26)(H,28,29). The van der Waals surface area contributed by atoms with Gasteiger partial charge in [-0.25, -0.2) is 9.59 Å². The number of rotatable bonds is 6. The number of allylic oxidation sites excluding steroid dienone is 4. The fourth-order valence-electron chi connectivity index (χ4n) is 3.47. The maximum Gasteiger partial charge on any atom is 0.408 e. The number of carbonyl (C=O) groups is 2. The van der Waals surface area contributed by atoms with Gasteiger partial charge in [0, 0.05) is 11.3 Å². The van der Waals surface area contributed by atoms with Crippen LogP contribution in [0.2, 0.25) is 0 Å². The van der Waals surface area contributed by atoms with E-state index >= 15 is 0 Å². The minimum atomic E-state index is -1.11. The van der Waals surface area contributed by atoms with E-state index < -0.39 is 12.1 Å². The van der Waals surface area contributed by atoms with Gasteiger partial charge in [0.05, 0.1) is 17.2 Å². The number of carboxylic acid groups (broad SMARTS) is 1. The van der Waals surface area contributed by atoms with Gasteiger partial charge in [-0.15, -0.1) is 0 Å². The van der Waals surface area contributed by atoms with Gasteiger partial charge in [0.25, 0.3) is 0 Å². The fraction of sp³-hybridized carbons (Fsp3) is 0.273. The average Bonchev–Trinajstić information content (AvgIpc) is 3.13. The summed E-state index contributed by atoms with van der Waals surface area (Å²) in [4.78, 5) is 28.3. The van der Waals surface area contributed by atoms with Crippen LogP contribution in [-0.2, 0) is 4.84 Å². The number of nitrogens with two attached hydrogens (primary N) is 1. The Morgan fingerprint density at radius 1 is 1.29 bits per heavy atom. The van der Waals surface area contributed by atoms with E-state index in [2.05, 4.69) is 10.5 Å². The van der Waals surface area contributed by atoms with E-state index in [9.17, 15) is 14.9 Å². The van der Waals surface area contributed by atoms with E-state index in [1.165, 1.54) is 18.2 Å². The van der Waals surface area contributed by atoms with Crippen molar-refractivity contribution in [2.24, 2.45) is 10.9 Å². The summed E-state index contributed by atoms with van der Waals surface area (Å²) in [6.45, 7) is 3.67. The largest absolute Gasteiger partial charge is 0.490 e. The lowest BCUT2D eigenvalue weighted by molar-refractivity contribution is 0.0516. The number of amides is 1. The van der Waals surface area contributed by atoms with Gasteiger partial charge in [0.15, 0.2) is 5.84 Å². The lowest BCUT2D eigenvalue weighted by atomic mass is 9.93. The number of nitrogens with one attached hydrogen (secondary N) is 1. The van der Waals surface area contributed by atoms with Crippen LogP contribution >= 0.6 is 0 Å². The second-order valence-corrected chi connectivity index (χ2v) is 7.23. The van der Waals surface area contributed by atoms with Crippen molar-refractivity contribution in [1.29, 1.82) is 5.26 Å². The maximum absolute atomic E-state index is 12.4. The quantitative estimate of drug-likeness (QED) is 0.276. The van der Waals surface area contributed by atoms with Crippen molar-refractivity contribution >= 4 is 17.9 Å². The minimum absolute atomic E-state index is 0.00800. The number of ether oxygens (including phenoxy) is 1. The number of fused-ring (bicyclic) bond motifs is 1.